The minimum atomic E-state index is 0.869. The Morgan fingerprint density at radius 1 is 1.05 bits per heavy atom. The van der Waals surface area contributed by atoms with Crippen molar-refractivity contribution in [3.8, 4) is 0 Å². The molecule has 0 aliphatic carbocycles. The van der Waals surface area contributed by atoms with Crippen LogP contribution in [0.25, 0.3) is 5.65 Å². The Hall–Kier alpha value is -2.36. The fourth-order valence-corrected chi connectivity index (χ4v) is 2.06. The summed E-state index contributed by atoms with van der Waals surface area (Å²) < 4.78 is 1.76. The zero-order valence-corrected chi connectivity index (χ0v) is 10.7. The van der Waals surface area contributed by atoms with Crippen molar-refractivity contribution < 1.29 is 0 Å². The molecule has 1 N–H and O–H groups in total. The summed E-state index contributed by atoms with van der Waals surface area (Å²) in [5.41, 5.74) is 2.25. The summed E-state index contributed by atoms with van der Waals surface area (Å²) in [4.78, 5) is 4.47. The van der Waals surface area contributed by atoms with Gasteiger partial charge in [0.1, 0.15) is 5.82 Å². The van der Waals surface area contributed by atoms with Crippen molar-refractivity contribution in [1.82, 2.24) is 14.6 Å². The first kappa shape index (κ1) is 11.7. The summed E-state index contributed by atoms with van der Waals surface area (Å²) in [5.74, 6) is 0.904. The predicted molar refractivity (Wildman–Crippen MR) is 76.2 cm³/mol. The molecule has 0 spiro atoms. The van der Waals surface area contributed by atoms with Crippen molar-refractivity contribution in [2.75, 3.05) is 11.9 Å². The molecule has 96 valence electrons. The second-order valence-electron chi connectivity index (χ2n) is 4.46. The van der Waals surface area contributed by atoms with E-state index in [1.165, 1.54) is 5.56 Å². The fraction of sp³-hybridized carbons (Fsp3) is 0.200. The molecule has 0 atom stereocenters. The van der Waals surface area contributed by atoms with E-state index >= 15 is 0 Å². The van der Waals surface area contributed by atoms with Gasteiger partial charge in [0.15, 0.2) is 5.65 Å². The first-order valence-electron chi connectivity index (χ1n) is 6.50. The van der Waals surface area contributed by atoms with Gasteiger partial charge >= 0.3 is 0 Å². The molecule has 3 rings (SSSR count). The van der Waals surface area contributed by atoms with E-state index in [2.05, 4.69) is 39.7 Å². The Kier molecular flexibility index (Phi) is 3.40. The number of hydrogen-bond acceptors (Lipinski definition) is 3. The lowest BCUT2D eigenvalue weighted by atomic mass is 10.1. The molecule has 0 aliphatic heterocycles. The largest absolute Gasteiger partial charge is 0.370 e. The molecule has 0 amide bonds. The van der Waals surface area contributed by atoms with E-state index in [1.807, 2.05) is 24.4 Å². The van der Waals surface area contributed by atoms with Gasteiger partial charge in [-0.25, -0.2) is 9.50 Å². The zero-order valence-electron chi connectivity index (χ0n) is 10.7. The van der Waals surface area contributed by atoms with Crippen LogP contribution >= 0.6 is 0 Å². The van der Waals surface area contributed by atoms with Crippen LogP contribution in [0.3, 0.4) is 0 Å². The summed E-state index contributed by atoms with van der Waals surface area (Å²) in [6.45, 7) is 0.923. The lowest BCUT2D eigenvalue weighted by molar-refractivity contribution is 0.856. The Bertz CT molecular complexity index is 645. The highest BCUT2D eigenvalue weighted by Gasteiger charge is 1.98. The highest BCUT2D eigenvalue weighted by atomic mass is 15.2. The molecule has 0 radical (unpaired) electrons. The minimum Gasteiger partial charge on any atom is -0.370 e. The molecule has 0 bridgehead atoms. The van der Waals surface area contributed by atoms with Gasteiger partial charge in [-0.15, -0.1) is 0 Å². The van der Waals surface area contributed by atoms with Gasteiger partial charge in [-0.1, -0.05) is 30.3 Å². The smallest absolute Gasteiger partial charge is 0.157 e. The predicted octanol–water partition coefficient (Wildman–Crippen LogP) is 2.77. The van der Waals surface area contributed by atoms with E-state index in [0.717, 1.165) is 30.9 Å². The second kappa shape index (κ2) is 5.52. The van der Waals surface area contributed by atoms with Crippen LogP contribution in [-0.4, -0.2) is 21.1 Å². The molecule has 4 nitrogen and oxygen atoms in total. The van der Waals surface area contributed by atoms with Crippen molar-refractivity contribution in [2.45, 2.75) is 12.8 Å². The van der Waals surface area contributed by atoms with Gasteiger partial charge in [0.2, 0.25) is 0 Å². The monoisotopic (exact) mass is 252 g/mol. The number of nitrogens with one attached hydrogen (secondary N) is 1. The molecule has 2 heterocycles. The molecule has 0 saturated carbocycles. The third kappa shape index (κ3) is 2.91. The third-order valence-corrected chi connectivity index (χ3v) is 3.05. The molecule has 1 aromatic carbocycles. The van der Waals surface area contributed by atoms with Crippen LogP contribution < -0.4 is 5.32 Å². The number of hydrogen-bond donors (Lipinski definition) is 1. The number of aromatic nitrogens is 3. The maximum Gasteiger partial charge on any atom is 0.157 e. The first-order chi connectivity index (χ1) is 9.42. The van der Waals surface area contributed by atoms with Crippen molar-refractivity contribution >= 4 is 11.5 Å². The van der Waals surface area contributed by atoms with Gasteiger partial charge in [0, 0.05) is 18.8 Å². The van der Waals surface area contributed by atoms with E-state index in [0.29, 0.717) is 0 Å². The summed E-state index contributed by atoms with van der Waals surface area (Å²) in [6.07, 6.45) is 5.85. The number of aryl methyl sites for hydroxylation is 1. The van der Waals surface area contributed by atoms with Gasteiger partial charge in [-0.3, -0.25) is 0 Å². The lowest BCUT2D eigenvalue weighted by Gasteiger charge is -2.05. The van der Waals surface area contributed by atoms with Crippen molar-refractivity contribution in [1.29, 1.82) is 0 Å². The summed E-state index contributed by atoms with van der Waals surface area (Å²) >= 11 is 0. The van der Waals surface area contributed by atoms with Gasteiger partial charge < -0.3 is 5.32 Å². The van der Waals surface area contributed by atoms with E-state index in [9.17, 15) is 0 Å². The second-order valence-corrected chi connectivity index (χ2v) is 4.46. The maximum atomic E-state index is 4.47. The number of anilines is 1. The molecule has 3 aromatic rings. The maximum absolute atomic E-state index is 4.47. The van der Waals surface area contributed by atoms with E-state index in [1.54, 1.807) is 10.7 Å². The molecule has 0 unspecified atom stereocenters. The van der Waals surface area contributed by atoms with Gasteiger partial charge in [0.05, 0.1) is 6.20 Å². The molecule has 0 fully saturated rings. The molecule has 2 aromatic heterocycles. The van der Waals surface area contributed by atoms with Crippen molar-refractivity contribution in [3.63, 3.8) is 0 Å². The Morgan fingerprint density at radius 2 is 1.95 bits per heavy atom. The van der Waals surface area contributed by atoms with Gasteiger partial charge in [-0.2, -0.15) is 5.10 Å². The van der Waals surface area contributed by atoms with E-state index < -0.39 is 0 Å². The number of rotatable bonds is 5. The van der Waals surface area contributed by atoms with Crippen LogP contribution in [0.2, 0.25) is 0 Å². The van der Waals surface area contributed by atoms with Gasteiger partial charge in [0.25, 0.3) is 0 Å². The highest BCUT2D eigenvalue weighted by molar-refractivity contribution is 5.45. The van der Waals surface area contributed by atoms with Crippen molar-refractivity contribution in [3.05, 3.63) is 60.4 Å². The topological polar surface area (TPSA) is 42.2 Å². The summed E-state index contributed by atoms with van der Waals surface area (Å²) in [5, 5.41) is 7.47. The Morgan fingerprint density at radius 3 is 2.84 bits per heavy atom. The number of benzene rings is 1. The van der Waals surface area contributed by atoms with Crippen LogP contribution in [0.5, 0.6) is 0 Å². The third-order valence-electron chi connectivity index (χ3n) is 3.05. The van der Waals surface area contributed by atoms with Crippen LogP contribution in [0.15, 0.2) is 54.9 Å². The van der Waals surface area contributed by atoms with Crippen LogP contribution in [0.1, 0.15) is 12.0 Å². The lowest BCUT2D eigenvalue weighted by Crippen LogP contribution is -2.05. The molecule has 4 heteroatoms. The Labute approximate surface area is 112 Å². The standard InChI is InChI=1S/C15H16N4/c1-2-5-13(6-3-1)7-4-10-16-14-9-12-19-15(18-14)8-11-17-19/h1-3,5-6,8-9,11-12H,4,7,10H2,(H,16,18). The normalized spacial score (nSPS) is 10.7. The fourth-order valence-electron chi connectivity index (χ4n) is 2.06. The Balaban J connectivity index is 1.52. The first-order valence-corrected chi connectivity index (χ1v) is 6.50. The quantitative estimate of drug-likeness (QED) is 0.710. The average molecular weight is 252 g/mol. The summed E-state index contributed by atoms with van der Waals surface area (Å²) in [6, 6.07) is 14.4. The molecule has 0 aliphatic rings. The van der Waals surface area contributed by atoms with Crippen molar-refractivity contribution in [2.24, 2.45) is 0 Å². The summed E-state index contributed by atoms with van der Waals surface area (Å²) in [7, 11) is 0. The molecule has 19 heavy (non-hydrogen) atoms. The van der Waals surface area contributed by atoms with Crippen LogP contribution in [0.4, 0.5) is 5.82 Å². The molecule has 0 saturated heterocycles. The van der Waals surface area contributed by atoms with E-state index in [-0.39, 0.29) is 0 Å². The van der Waals surface area contributed by atoms with Gasteiger partial charge in [-0.05, 0) is 24.5 Å². The van der Waals surface area contributed by atoms with Crippen LogP contribution in [-0.2, 0) is 6.42 Å². The number of nitrogens with zero attached hydrogens (tertiary/aromatic N) is 3. The average Bonchev–Trinajstić information content (AvgIpc) is 2.92. The molecular formula is C15H16N4. The van der Waals surface area contributed by atoms with E-state index in [4.69, 9.17) is 0 Å². The zero-order chi connectivity index (χ0) is 12.9. The number of fused-ring (bicyclic) bond motifs is 1. The van der Waals surface area contributed by atoms with Crippen LogP contribution in [0, 0.1) is 0 Å². The SMILES string of the molecule is c1ccc(CCCNc2ccn3nccc3n2)cc1. The highest BCUT2D eigenvalue weighted by Crippen LogP contribution is 2.07. The molecular weight excluding hydrogens is 236 g/mol. The minimum absolute atomic E-state index is 0.869.